The molecule has 0 saturated carbocycles. The molecule has 214 valence electrons. The second kappa shape index (κ2) is 26.0. The minimum absolute atomic E-state index is 0.640. The van der Waals surface area contributed by atoms with E-state index in [-0.39, 0.29) is 0 Å². The van der Waals surface area contributed by atoms with Crippen molar-refractivity contribution in [1.29, 1.82) is 0 Å². The highest BCUT2D eigenvalue weighted by Gasteiger charge is 2.24. The Kier molecular flexibility index (Phi) is 24.1. The monoisotopic (exact) mass is 505 g/mol. The second-order valence-corrected chi connectivity index (χ2v) is 11.8. The van der Waals surface area contributed by atoms with E-state index in [0.717, 1.165) is 0 Å². The van der Waals surface area contributed by atoms with Gasteiger partial charge in [0.05, 0.1) is 0 Å². The lowest BCUT2D eigenvalue weighted by molar-refractivity contribution is 0.136. The molecule has 1 rings (SSSR count). The van der Waals surface area contributed by atoms with Crippen LogP contribution in [-0.2, 0) is 0 Å². The summed E-state index contributed by atoms with van der Waals surface area (Å²) in [6, 6.07) is 0. The van der Waals surface area contributed by atoms with Crippen LogP contribution < -0.4 is 0 Å². The van der Waals surface area contributed by atoms with Crippen molar-refractivity contribution < 1.29 is 0 Å². The Labute approximate surface area is 229 Å². The highest BCUT2D eigenvalue weighted by molar-refractivity contribution is 4.96. The molecule has 0 radical (unpaired) electrons. The smallest absolute Gasteiger partial charge is 0.101 e. The van der Waals surface area contributed by atoms with E-state index in [1.165, 1.54) is 180 Å². The Hall–Kier alpha value is -0.660. The molecule has 0 aromatic heterocycles. The van der Waals surface area contributed by atoms with E-state index in [1.807, 2.05) is 0 Å². The van der Waals surface area contributed by atoms with Crippen LogP contribution in [0.15, 0.2) is 12.4 Å². The van der Waals surface area contributed by atoms with Gasteiger partial charge in [0.1, 0.15) is 6.17 Å². The molecule has 1 aliphatic heterocycles. The third kappa shape index (κ3) is 18.6. The molecule has 0 saturated heterocycles. The topological polar surface area (TPSA) is 6.48 Å². The lowest BCUT2D eigenvalue weighted by atomic mass is 10.0. The quantitative estimate of drug-likeness (QED) is 0.0977. The number of rotatable bonds is 28. The standard InChI is InChI=1S/C34H68N2/c1-4-7-10-12-14-15-16-17-18-19-20-21-22-23-24-26-28-31-36-33-32-35(34(36)29-9-6-3)30-27-25-13-11-8-5-2/h32-34H,4-31H2,1-3H3. The molecule has 2 nitrogen and oxygen atoms in total. The SMILES string of the molecule is CCCCCCCCCCCCCCCCCCCN1C=CN(CCCCCCCC)C1CCCC. The summed E-state index contributed by atoms with van der Waals surface area (Å²) in [4.78, 5) is 5.32. The van der Waals surface area contributed by atoms with Crippen molar-refractivity contribution in [2.24, 2.45) is 0 Å². The Morgan fingerprint density at radius 3 is 0.944 bits per heavy atom. The van der Waals surface area contributed by atoms with Crippen LogP contribution in [0.25, 0.3) is 0 Å². The summed E-state index contributed by atoms with van der Waals surface area (Å²) in [6.07, 6.45) is 42.5. The van der Waals surface area contributed by atoms with Crippen LogP contribution in [0.1, 0.15) is 188 Å². The molecular weight excluding hydrogens is 436 g/mol. The van der Waals surface area contributed by atoms with Crippen LogP contribution >= 0.6 is 0 Å². The lowest BCUT2D eigenvalue weighted by Crippen LogP contribution is -2.39. The van der Waals surface area contributed by atoms with E-state index in [1.54, 1.807) is 0 Å². The van der Waals surface area contributed by atoms with Gasteiger partial charge in [-0.2, -0.15) is 0 Å². The van der Waals surface area contributed by atoms with Crippen molar-refractivity contribution in [2.45, 2.75) is 194 Å². The Morgan fingerprint density at radius 2 is 0.639 bits per heavy atom. The van der Waals surface area contributed by atoms with E-state index < -0.39 is 0 Å². The third-order valence-electron chi connectivity index (χ3n) is 8.32. The zero-order valence-electron chi connectivity index (χ0n) is 25.4. The largest absolute Gasteiger partial charge is 0.356 e. The van der Waals surface area contributed by atoms with Crippen LogP contribution in [0.5, 0.6) is 0 Å². The molecule has 1 aliphatic rings. The van der Waals surface area contributed by atoms with Gasteiger partial charge in [-0.15, -0.1) is 0 Å². The van der Waals surface area contributed by atoms with Crippen LogP contribution in [0.3, 0.4) is 0 Å². The fourth-order valence-electron chi connectivity index (χ4n) is 5.82. The summed E-state index contributed by atoms with van der Waals surface area (Å²) < 4.78 is 0. The highest BCUT2D eigenvalue weighted by Crippen LogP contribution is 2.23. The molecule has 0 aromatic carbocycles. The first-order valence-corrected chi connectivity index (χ1v) is 17.0. The van der Waals surface area contributed by atoms with Gasteiger partial charge in [0.2, 0.25) is 0 Å². The number of unbranched alkanes of at least 4 members (excludes halogenated alkanes) is 22. The number of hydrogen-bond acceptors (Lipinski definition) is 2. The van der Waals surface area contributed by atoms with Gasteiger partial charge in [0.15, 0.2) is 0 Å². The molecule has 0 bridgehead atoms. The van der Waals surface area contributed by atoms with Crippen molar-refractivity contribution in [1.82, 2.24) is 9.80 Å². The molecule has 1 heterocycles. The van der Waals surface area contributed by atoms with Gasteiger partial charge in [-0.1, -0.05) is 162 Å². The summed E-state index contributed by atoms with van der Waals surface area (Å²) in [5, 5.41) is 0. The third-order valence-corrected chi connectivity index (χ3v) is 8.32. The number of hydrogen-bond donors (Lipinski definition) is 0. The molecule has 1 unspecified atom stereocenters. The van der Waals surface area contributed by atoms with Gasteiger partial charge in [-0.3, -0.25) is 0 Å². The molecule has 0 fully saturated rings. The zero-order valence-corrected chi connectivity index (χ0v) is 25.4. The van der Waals surface area contributed by atoms with E-state index >= 15 is 0 Å². The predicted octanol–water partition coefficient (Wildman–Crippen LogP) is 11.6. The first-order chi connectivity index (χ1) is 17.8. The van der Waals surface area contributed by atoms with Crippen molar-refractivity contribution in [2.75, 3.05) is 13.1 Å². The fourth-order valence-corrected chi connectivity index (χ4v) is 5.82. The van der Waals surface area contributed by atoms with Crippen molar-refractivity contribution in [3.8, 4) is 0 Å². The van der Waals surface area contributed by atoms with Gasteiger partial charge >= 0.3 is 0 Å². The minimum atomic E-state index is 0.640. The second-order valence-electron chi connectivity index (χ2n) is 11.8. The van der Waals surface area contributed by atoms with Crippen LogP contribution in [0, 0.1) is 0 Å². The first-order valence-electron chi connectivity index (χ1n) is 17.0. The van der Waals surface area contributed by atoms with Gasteiger partial charge < -0.3 is 9.80 Å². The van der Waals surface area contributed by atoms with Crippen molar-refractivity contribution in [3.05, 3.63) is 12.4 Å². The Bertz CT molecular complexity index is 460. The summed E-state index contributed by atoms with van der Waals surface area (Å²) >= 11 is 0. The lowest BCUT2D eigenvalue weighted by Gasteiger charge is -2.33. The van der Waals surface area contributed by atoms with Crippen LogP contribution in [0.4, 0.5) is 0 Å². The van der Waals surface area contributed by atoms with E-state index in [0.29, 0.717) is 6.17 Å². The van der Waals surface area contributed by atoms with Crippen LogP contribution in [0.2, 0.25) is 0 Å². The van der Waals surface area contributed by atoms with Gasteiger partial charge in [0, 0.05) is 25.5 Å². The average Bonchev–Trinajstić information content (AvgIpc) is 3.27. The van der Waals surface area contributed by atoms with Crippen molar-refractivity contribution in [3.63, 3.8) is 0 Å². The molecule has 2 heteroatoms. The van der Waals surface area contributed by atoms with Gasteiger partial charge in [-0.25, -0.2) is 0 Å². The molecule has 0 amide bonds. The highest BCUT2D eigenvalue weighted by atomic mass is 15.4. The molecule has 0 N–H and O–H groups in total. The van der Waals surface area contributed by atoms with E-state index in [2.05, 4.69) is 43.0 Å². The first kappa shape index (κ1) is 33.4. The maximum absolute atomic E-state index is 2.66. The maximum Gasteiger partial charge on any atom is 0.101 e. The molecule has 0 aromatic rings. The zero-order chi connectivity index (χ0) is 25.9. The van der Waals surface area contributed by atoms with Gasteiger partial charge in [-0.05, 0) is 25.7 Å². The molecule has 36 heavy (non-hydrogen) atoms. The molecule has 0 aliphatic carbocycles. The summed E-state index contributed by atoms with van der Waals surface area (Å²) in [5.41, 5.74) is 0. The predicted molar refractivity (Wildman–Crippen MR) is 163 cm³/mol. The summed E-state index contributed by atoms with van der Waals surface area (Å²) in [6.45, 7) is 9.47. The van der Waals surface area contributed by atoms with E-state index in [9.17, 15) is 0 Å². The summed E-state index contributed by atoms with van der Waals surface area (Å²) in [5.74, 6) is 0. The normalized spacial score (nSPS) is 15.5. The Morgan fingerprint density at radius 1 is 0.361 bits per heavy atom. The van der Waals surface area contributed by atoms with Gasteiger partial charge in [0.25, 0.3) is 0 Å². The number of nitrogens with zero attached hydrogens (tertiary/aromatic N) is 2. The minimum Gasteiger partial charge on any atom is -0.356 e. The Balaban J connectivity index is 1.96. The molecular formula is C34H68N2. The maximum atomic E-state index is 2.66. The molecule has 1 atom stereocenters. The fraction of sp³-hybridized carbons (Fsp3) is 0.941. The van der Waals surface area contributed by atoms with Crippen LogP contribution in [-0.4, -0.2) is 29.1 Å². The van der Waals surface area contributed by atoms with E-state index in [4.69, 9.17) is 0 Å². The van der Waals surface area contributed by atoms with Crippen molar-refractivity contribution >= 4 is 0 Å². The molecule has 0 spiro atoms. The average molecular weight is 505 g/mol. The summed E-state index contributed by atoms with van der Waals surface area (Å²) in [7, 11) is 0.